The topological polar surface area (TPSA) is 71.1 Å². The van der Waals surface area contributed by atoms with Gasteiger partial charge in [-0.25, -0.2) is 8.37 Å². The molecule has 2 atom stereocenters. The van der Waals surface area contributed by atoms with Crippen LogP contribution in [0.25, 0.3) is 0 Å². The van der Waals surface area contributed by atoms with Crippen molar-refractivity contribution in [3.05, 3.63) is 0 Å². The Hall–Kier alpha value is 0.140. The Balaban J connectivity index is 2.03. The van der Waals surface area contributed by atoms with Crippen molar-refractivity contribution in [3.63, 3.8) is 0 Å². The van der Waals surface area contributed by atoms with Gasteiger partial charge in [-0.2, -0.15) is 8.42 Å². The summed E-state index contributed by atoms with van der Waals surface area (Å²) in [5.41, 5.74) is 0. The molecule has 0 aromatic carbocycles. The normalized spacial score (nSPS) is 48.3. The standard InChI is InChI=1S/C4H6O6S2/c5-11-7-1-3-2-8-12(6)10-4(3)9-11/h3-4H,1-2H2. The molecule has 0 radical (unpaired) electrons. The van der Waals surface area contributed by atoms with E-state index in [2.05, 4.69) is 8.37 Å². The van der Waals surface area contributed by atoms with Crippen LogP contribution in [-0.2, 0) is 39.5 Å². The average Bonchev–Trinajstić information content (AvgIpc) is 2.03. The van der Waals surface area contributed by atoms with Gasteiger partial charge in [-0.3, -0.25) is 8.37 Å². The largest absolute Gasteiger partial charge is 0.307 e. The van der Waals surface area contributed by atoms with Crippen molar-refractivity contribution in [2.45, 2.75) is 6.29 Å². The maximum absolute atomic E-state index is 10.7. The maximum Gasteiger partial charge on any atom is 0.307 e. The van der Waals surface area contributed by atoms with Crippen LogP contribution >= 0.6 is 0 Å². The summed E-state index contributed by atoms with van der Waals surface area (Å²) < 4.78 is 40.1. The Labute approximate surface area is 73.9 Å². The Morgan fingerprint density at radius 3 is 2.00 bits per heavy atom. The van der Waals surface area contributed by atoms with Gasteiger partial charge in [0.05, 0.1) is 19.1 Å². The van der Waals surface area contributed by atoms with E-state index in [0.717, 1.165) is 0 Å². The van der Waals surface area contributed by atoms with Crippen LogP contribution in [0.4, 0.5) is 0 Å². The van der Waals surface area contributed by atoms with Gasteiger partial charge in [0.1, 0.15) is 0 Å². The van der Waals surface area contributed by atoms with E-state index >= 15 is 0 Å². The van der Waals surface area contributed by atoms with Crippen LogP contribution in [-0.4, -0.2) is 27.9 Å². The van der Waals surface area contributed by atoms with Gasteiger partial charge in [-0.1, -0.05) is 0 Å². The van der Waals surface area contributed by atoms with E-state index in [9.17, 15) is 8.42 Å². The molecular formula is C4H6O6S2. The summed E-state index contributed by atoms with van der Waals surface area (Å²) in [6, 6.07) is 0. The van der Waals surface area contributed by atoms with Gasteiger partial charge in [0.15, 0.2) is 0 Å². The molecule has 0 aliphatic carbocycles. The van der Waals surface area contributed by atoms with Gasteiger partial charge in [0.25, 0.3) is 0 Å². The minimum absolute atomic E-state index is 0.152. The first-order valence-electron chi connectivity index (χ1n) is 3.20. The van der Waals surface area contributed by atoms with Crippen LogP contribution in [0.3, 0.4) is 0 Å². The van der Waals surface area contributed by atoms with Crippen molar-refractivity contribution >= 4 is 22.7 Å². The van der Waals surface area contributed by atoms with E-state index in [1.165, 1.54) is 0 Å². The Morgan fingerprint density at radius 1 is 1.00 bits per heavy atom. The Morgan fingerprint density at radius 2 is 1.50 bits per heavy atom. The Bertz CT molecular complexity index is 208. The molecule has 0 spiro atoms. The lowest BCUT2D eigenvalue weighted by Gasteiger charge is -2.31. The van der Waals surface area contributed by atoms with E-state index in [-0.39, 0.29) is 19.1 Å². The van der Waals surface area contributed by atoms with Gasteiger partial charge < -0.3 is 0 Å². The first-order valence-corrected chi connectivity index (χ1v) is 5.20. The second-order valence-corrected chi connectivity index (χ2v) is 3.97. The third kappa shape index (κ3) is 1.73. The summed E-state index contributed by atoms with van der Waals surface area (Å²) in [6.45, 7) is 0.461. The number of fused-ring (bicyclic) bond motifs is 1. The minimum atomic E-state index is -1.79. The highest BCUT2D eigenvalue weighted by molar-refractivity contribution is 7.75. The van der Waals surface area contributed by atoms with Crippen LogP contribution in [0.2, 0.25) is 0 Å². The SMILES string of the molecule is O=S1OCC2COS(=O)OC2O1. The fourth-order valence-corrected chi connectivity index (χ4v) is 2.31. The van der Waals surface area contributed by atoms with Crippen LogP contribution in [0.5, 0.6) is 0 Å². The molecule has 2 fully saturated rings. The van der Waals surface area contributed by atoms with Crippen LogP contribution in [0.15, 0.2) is 0 Å². The van der Waals surface area contributed by atoms with Crippen molar-refractivity contribution in [2.24, 2.45) is 5.92 Å². The van der Waals surface area contributed by atoms with Crippen molar-refractivity contribution in [1.82, 2.24) is 0 Å². The molecule has 2 heterocycles. The first kappa shape index (κ1) is 8.73. The van der Waals surface area contributed by atoms with Crippen molar-refractivity contribution in [1.29, 1.82) is 0 Å². The molecule has 2 unspecified atom stereocenters. The minimum Gasteiger partial charge on any atom is -0.268 e. The lowest BCUT2D eigenvalue weighted by atomic mass is 10.2. The predicted molar refractivity (Wildman–Crippen MR) is 37.6 cm³/mol. The summed E-state index contributed by atoms with van der Waals surface area (Å²) in [6.07, 6.45) is -0.742. The van der Waals surface area contributed by atoms with E-state index in [0.29, 0.717) is 0 Å². The highest BCUT2D eigenvalue weighted by Gasteiger charge is 2.38. The molecule has 0 amide bonds. The molecule has 0 bridgehead atoms. The number of hydrogen-bond acceptors (Lipinski definition) is 6. The number of hydrogen-bond donors (Lipinski definition) is 0. The van der Waals surface area contributed by atoms with Gasteiger partial charge in [-0.15, -0.1) is 0 Å². The zero-order chi connectivity index (χ0) is 8.55. The zero-order valence-electron chi connectivity index (χ0n) is 5.83. The third-order valence-corrected chi connectivity index (χ3v) is 2.84. The molecule has 2 rings (SSSR count). The first-order chi connectivity index (χ1) is 5.75. The lowest BCUT2D eigenvalue weighted by molar-refractivity contribution is -0.107. The van der Waals surface area contributed by atoms with Gasteiger partial charge in [0.2, 0.25) is 6.29 Å². The maximum atomic E-state index is 10.7. The van der Waals surface area contributed by atoms with Gasteiger partial charge in [0, 0.05) is 0 Å². The number of rotatable bonds is 0. The van der Waals surface area contributed by atoms with Gasteiger partial charge >= 0.3 is 22.7 Å². The average molecular weight is 214 g/mol. The van der Waals surface area contributed by atoms with E-state index in [4.69, 9.17) is 8.37 Å². The summed E-state index contributed by atoms with van der Waals surface area (Å²) in [4.78, 5) is 0. The van der Waals surface area contributed by atoms with Crippen molar-refractivity contribution in [2.75, 3.05) is 13.2 Å². The molecule has 70 valence electrons. The molecule has 6 nitrogen and oxygen atoms in total. The summed E-state index contributed by atoms with van der Waals surface area (Å²) in [5, 5.41) is 0. The molecule has 2 saturated heterocycles. The summed E-state index contributed by atoms with van der Waals surface area (Å²) >= 11 is -3.58. The summed E-state index contributed by atoms with van der Waals surface area (Å²) in [5.74, 6) is -0.152. The molecule has 12 heavy (non-hydrogen) atoms. The fourth-order valence-electron chi connectivity index (χ4n) is 0.875. The van der Waals surface area contributed by atoms with Crippen LogP contribution < -0.4 is 0 Å². The second-order valence-electron chi connectivity index (χ2n) is 2.30. The van der Waals surface area contributed by atoms with E-state index in [1.54, 1.807) is 0 Å². The van der Waals surface area contributed by atoms with Crippen molar-refractivity contribution < 1.29 is 25.2 Å². The van der Waals surface area contributed by atoms with Crippen molar-refractivity contribution in [3.8, 4) is 0 Å². The fraction of sp³-hybridized carbons (Fsp3) is 1.00. The highest BCUT2D eigenvalue weighted by Crippen LogP contribution is 2.24. The van der Waals surface area contributed by atoms with Crippen LogP contribution in [0, 0.1) is 5.92 Å². The molecule has 0 N–H and O–H groups in total. The third-order valence-electron chi connectivity index (χ3n) is 1.49. The zero-order valence-corrected chi connectivity index (χ0v) is 7.47. The molecule has 0 saturated carbocycles. The predicted octanol–water partition coefficient (Wildman–Crippen LogP) is -0.820. The lowest BCUT2D eigenvalue weighted by Crippen LogP contribution is -2.43. The monoisotopic (exact) mass is 214 g/mol. The molecule has 8 heteroatoms. The molecule has 2 aliphatic rings. The smallest absolute Gasteiger partial charge is 0.268 e. The van der Waals surface area contributed by atoms with E-state index in [1.807, 2.05) is 0 Å². The van der Waals surface area contributed by atoms with E-state index < -0.39 is 29.0 Å². The second kappa shape index (κ2) is 3.48. The summed E-state index contributed by atoms with van der Waals surface area (Å²) in [7, 11) is 0. The van der Waals surface area contributed by atoms with Gasteiger partial charge in [-0.05, 0) is 0 Å². The molecular weight excluding hydrogens is 208 g/mol. The molecule has 0 aromatic rings. The Kier molecular flexibility index (Phi) is 2.53. The highest BCUT2D eigenvalue weighted by atomic mass is 32.2. The van der Waals surface area contributed by atoms with Crippen LogP contribution in [0.1, 0.15) is 0 Å². The molecule has 0 aromatic heterocycles. The molecule has 2 aliphatic heterocycles. The quantitative estimate of drug-likeness (QED) is 0.524.